The lowest BCUT2D eigenvalue weighted by atomic mass is 9.88. The molecule has 0 bridgehead atoms. The molecule has 0 spiro atoms. The number of piperidine rings is 1. The van der Waals surface area contributed by atoms with Gasteiger partial charge >= 0.3 is 6.09 Å². The highest BCUT2D eigenvalue weighted by atomic mass is 16.6. The van der Waals surface area contributed by atoms with Crippen LogP contribution in [0.2, 0.25) is 0 Å². The highest BCUT2D eigenvalue weighted by Gasteiger charge is 2.34. The molecule has 0 saturated carbocycles. The summed E-state index contributed by atoms with van der Waals surface area (Å²) in [5, 5.41) is 9.29. The fourth-order valence-corrected chi connectivity index (χ4v) is 2.82. The van der Waals surface area contributed by atoms with Crippen LogP contribution in [0.4, 0.5) is 4.79 Å². The van der Waals surface area contributed by atoms with Crippen molar-refractivity contribution in [3.63, 3.8) is 0 Å². The largest absolute Gasteiger partial charge is 0.444 e. The highest BCUT2D eigenvalue weighted by Crippen LogP contribution is 2.26. The molecule has 2 rings (SSSR count). The fraction of sp³-hybridized carbons (Fsp3) is 0.556. The van der Waals surface area contributed by atoms with E-state index >= 15 is 0 Å². The molecule has 22 heavy (non-hydrogen) atoms. The van der Waals surface area contributed by atoms with Crippen LogP contribution in [0.15, 0.2) is 30.3 Å². The van der Waals surface area contributed by atoms with Gasteiger partial charge in [0.1, 0.15) is 11.6 Å². The molecule has 1 aliphatic heterocycles. The van der Waals surface area contributed by atoms with Gasteiger partial charge in [-0.1, -0.05) is 30.3 Å². The first-order chi connectivity index (χ1) is 10.4. The molecule has 4 heteroatoms. The van der Waals surface area contributed by atoms with Crippen LogP contribution in [0, 0.1) is 17.2 Å². The van der Waals surface area contributed by atoms with Crippen molar-refractivity contribution in [2.75, 3.05) is 6.54 Å². The molecule has 1 fully saturated rings. The van der Waals surface area contributed by atoms with Crippen LogP contribution < -0.4 is 0 Å². The second-order valence-electron chi connectivity index (χ2n) is 6.91. The smallest absolute Gasteiger partial charge is 0.411 e. The minimum absolute atomic E-state index is 0.373. The van der Waals surface area contributed by atoms with E-state index in [1.807, 2.05) is 39.0 Å². The summed E-state index contributed by atoms with van der Waals surface area (Å²) in [6.45, 7) is 6.12. The number of amides is 1. The van der Waals surface area contributed by atoms with E-state index in [2.05, 4.69) is 18.2 Å². The Hall–Kier alpha value is -2.02. The molecule has 1 heterocycles. The van der Waals surface area contributed by atoms with E-state index in [-0.39, 0.29) is 12.1 Å². The van der Waals surface area contributed by atoms with Crippen molar-refractivity contribution in [3.05, 3.63) is 35.9 Å². The summed E-state index contributed by atoms with van der Waals surface area (Å²) in [5.41, 5.74) is 0.732. The zero-order chi connectivity index (χ0) is 16.2. The number of hydrogen-bond donors (Lipinski definition) is 0. The maximum atomic E-state index is 12.3. The molecule has 0 N–H and O–H groups in total. The van der Waals surface area contributed by atoms with Gasteiger partial charge in [-0.25, -0.2) is 4.79 Å². The maximum absolute atomic E-state index is 12.3. The molecule has 1 aliphatic rings. The predicted octanol–water partition coefficient (Wildman–Crippen LogP) is 3.77. The number of ether oxygens (including phenoxy) is 1. The number of nitriles is 1. The van der Waals surface area contributed by atoms with Gasteiger partial charge in [-0.05, 0) is 51.5 Å². The summed E-state index contributed by atoms with van der Waals surface area (Å²) in [6.07, 6.45) is 2.23. The first kappa shape index (κ1) is 16.4. The van der Waals surface area contributed by atoms with E-state index in [1.165, 1.54) is 5.56 Å². The predicted molar refractivity (Wildman–Crippen MR) is 85.2 cm³/mol. The fourth-order valence-electron chi connectivity index (χ4n) is 2.82. The minimum Gasteiger partial charge on any atom is -0.444 e. The molecule has 0 aliphatic carbocycles. The SMILES string of the molecule is CC(C)(C)OC(=O)N1CC(Cc2ccccc2)CC[C@H]1C#N. The molecule has 1 aromatic carbocycles. The Kier molecular flexibility index (Phi) is 5.07. The molecule has 1 amide bonds. The third-order valence-corrected chi connectivity index (χ3v) is 3.82. The summed E-state index contributed by atoms with van der Waals surface area (Å²) >= 11 is 0. The third kappa shape index (κ3) is 4.49. The number of rotatable bonds is 2. The van der Waals surface area contributed by atoms with Crippen molar-refractivity contribution in [2.45, 2.75) is 51.7 Å². The first-order valence-corrected chi connectivity index (χ1v) is 7.82. The Morgan fingerprint density at radius 2 is 2.00 bits per heavy atom. The molecule has 0 aromatic heterocycles. The molecule has 1 unspecified atom stereocenters. The summed E-state index contributed by atoms with van der Waals surface area (Å²) in [7, 11) is 0. The first-order valence-electron chi connectivity index (χ1n) is 7.82. The molecule has 118 valence electrons. The van der Waals surface area contributed by atoms with Gasteiger partial charge in [0.25, 0.3) is 0 Å². The van der Waals surface area contributed by atoms with Crippen molar-refractivity contribution in [1.82, 2.24) is 4.90 Å². The monoisotopic (exact) mass is 300 g/mol. The van der Waals surface area contributed by atoms with E-state index < -0.39 is 5.60 Å². The Bertz CT molecular complexity index is 542. The van der Waals surface area contributed by atoms with Crippen LogP contribution in [0.3, 0.4) is 0 Å². The zero-order valence-electron chi connectivity index (χ0n) is 13.6. The van der Waals surface area contributed by atoms with Gasteiger partial charge < -0.3 is 4.74 Å². The van der Waals surface area contributed by atoms with E-state index in [0.29, 0.717) is 18.9 Å². The Labute approximate surface area is 132 Å². The van der Waals surface area contributed by atoms with Gasteiger partial charge in [0.15, 0.2) is 0 Å². The summed E-state index contributed by atoms with van der Waals surface area (Å²) in [6, 6.07) is 12.1. The maximum Gasteiger partial charge on any atom is 0.411 e. The Balaban J connectivity index is 2.03. The van der Waals surface area contributed by atoms with Gasteiger partial charge in [-0.2, -0.15) is 5.26 Å². The van der Waals surface area contributed by atoms with Crippen molar-refractivity contribution in [2.24, 2.45) is 5.92 Å². The van der Waals surface area contributed by atoms with Crippen LogP contribution in [-0.4, -0.2) is 29.2 Å². The summed E-state index contributed by atoms with van der Waals surface area (Å²) in [5.74, 6) is 0.375. The van der Waals surface area contributed by atoms with Crippen LogP contribution >= 0.6 is 0 Å². The quantitative estimate of drug-likeness (QED) is 0.835. The number of carbonyl (C=O) groups is 1. The average Bonchev–Trinajstić information content (AvgIpc) is 2.46. The van der Waals surface area contributed by atoms with E-state index in [9.17, 15) is 10.1 Å². The van der Waals surface area contributed by atoms with Gasteiger partial charge in [0, 0.05) is 6.54 Å². The summed E-state index contributed by atoms with van der Waals surface area (Å²) in [4.78, 5) is 13.9. The number of nitrogens with zero attached hydrogens (tertiary/aromatic N) is 2. The lowest BCUT2D eigenvalue weighted by Gasteiger charge is -2.37. The number of carbonyl (C=O) groups excluding carboxylic acids is 1. The lowest BCUT2D eigenvalue weighted by Crippen LogP contribution is -2.48. The van der Waals surface area contributed by atoms with Gasteiger partial charge in [0.2, 0.25) is 0 Å². The van der Waals surface area contributed by atoms with Crippen molar-refractivity contribution in [1.29, 1.82) is 5.26 Å². The zero-order valence-corrected chi connectivity index (χ0v) is 13.6. The standard InChI is InChI=1S/C18H24N2O2/c1-18(2,3)22-17(21)20-13-15(9-10-16(20)12-19)11-14-7-5-4-6-8-14/h4-8,15-16H,9-11,13H2,1-3H3/t15?,16-/m0/s1. The molecular formula is C18H24N2O2. The molecule has 0 radical (unpaired) electrons. The van der Waals surface area contributed by atoms with Gasteiger partial charge in [-0.3, -0.25) is 4.90 Å². The average molecular weight is 300 g/mol. The van der Waals surface area contributed by atoms with Crippen molar-refractivity contribution in [3.8, 4) is 6.07 Å². The van der Waals surface area contributed by atoms with Gasteiger partial charge in [0.05, 0.1) is 6.07 Å². The van der Waals surface area contributed by atoms with E-state index in [4.69, 9.17) is 4.74 Å². The second-order valence-corrected chi connectivity index (χ2v) is 6.91. The Morgan fingerprint density at radius 3 is 2.59 bits per heavy atom. The lowest BCUT2D eigenvalue weighted by molar-refractivity contribution is 0.00960. The highest BCUT2D eigenvalue weighted by molar-refractivity contribution is 5.69. The topological polar surface area (TPSA) is 53.3 Å². The molecule has 1 saturated heterocycles. The molecular weight excluding hydrogens is 276 g/mol. The molecule has 1 aromatic rings. The third-order valence-electron chi connectivity index (χ3n) is 3.82. The van der Waals surface area contributed by atoms with Crippen molar-refractivity contribution >= 4 is 6.09 Å². The number of hydrogen-bond acceptors (Lipinski definition) is 3. The number of benzene rings is 1. The molecule has 2 atom stereocenters. The van der Waals surface area contributed by atoms with Crippen LogP contribution in [0.25, 0.3) is 0 Å². The van der Waals surface area contributed by atoms with Crippen LogP contribution in [0.1, 0.15) is 39.2 Å². The Morgan fingerprint density at radius 1 is 1.32 bits per heavy atom. The number of likely N-dealkylation sites (tertiary alicyclic amines) is 1. The van der Waals surface area contributed by atoms with E-state index in [0.717, 1.165) is 12.8 Å². The normalized spacial score (nSPS) is 22.0. The second kappa shape index (κ2) is 6.83. The van der Waals surface area contributed by atoms with Gasteiger partial charge in [-0.15, -0.1) is 0 Å². The molecule has 4 nitrogen and oxygen atoms in total. The van der Waals surface area contributed by atoms with Crippen LogP contribution in [-0.2, 0) is 11.2 Å². The van der Waals surface area contributed by atoms with Crippen molar-refractivity contribution < 1.29 is 9.53 Å². The summed E-state index contributed by atoms with van der Waals surface area (Å²) < 4.78 is 5.44. The van der Waals surface area contributed by atoms with E-state index in [1.54, 1.807) is 4.90 Å². The van der Waals surface area contributed by atoms with Crippen LogP contribution in [0.5, 0.6) is 0 Å². The minimum atomic E-state index is -0.538.